The van der Waals surface area contributed by atoms with Crippen LogP contribution >= 0.6 is 11.6 Å². The van der Waals surface area contributed by atoms with Crippen molar-refractivity contribution in [2.24, 2.45) is 0 Å². The van der Waals surface area contributed by atoms with Gasteiger partial charge < -0.3 is 15.0 Å². The molecule has 0 unspecified atom stereocenters. The Hall–Kier alpha value is -1.66. The lowest BCUT2D eigenvalue weighted by Crippen LogP contribution is -2.47. The Morgan fingerprint density at radius 2 is 2.26 bits per heavy atom. The molecule has 0 aromatic heterocycles. The van der Waals surface area contributed by atoms with E-state index in [1.165, 1.54) is 12.1 Å². The van der Waals surface area contributed by atoms with Crippen LogP contribution in [0.25, 0.3) is 0 Å². The van der Waals surface area contributed by atoms with Crippen LogP contribution in [0.1, 0.15) is 30.1 Å². The van der Waals surface area contributed by atoms with Gasteiger partial charge in [0, 0.05) is 19.7 Å². The Labute approximate surface area is 139 Å². The fraction of sp³-hybridized carbons (Fsp3) is 0.500. The lowest BCUT2D eigenvalue weighted by molar-refractivity contribution is -0.134. The second-order valence-corrected chi connectivity index (χ2v) is 5.75. The minimum Gasteiger partial charge on any atom is -0.377 e. The molecule has 23 heavy (non-hydrogen) atoms. The van der Waals surface area contributed by atoms with E-state index in [1.54, 1.807) is 4.90 Å². The first-order valence-electron chi connectivity index (χ1n) is 7.64. The summed E-state index contributed by atoms with van der Waals surface area (Å²) in [6, 6.07) is 4.00. The maximum absolute atomic E-state index is 13.7. The topological polar surface area (TPSA) is 58.6 Å². The van der Waals surface area contributed by atoms with Gasteiger partial charge in [0.05, 0.1) is 23.2 Å². The number of piperidine rings is 1. The first kappa shape index (κ1) is 17.7. The average Bonchev–Trinajstić information content (AvgIpc) is 2.53. The van der Waals surface area contributed by atoms with Gasteiger partial charge in [0.15, 0.2) is 0 Å². The van der Waals surface area contributed by atoms with Gasteiger partial charge in [0.1, 0.15) is 5.82 Å². The van der Waals surface area contributed by atoms with Crippen molar-refractivity contribution in [3.8, 4) is 0 Å². The molecule has 1 aliphatic heterocycles. The molecule has 1 saturated heterocycles. The number of ether oxygens (including phenoxy) is 1. The van der Waals surface area contributed by atoms with Gasteiger partial charge in [-0.1, -0.05) is 17.7 Å². The van der Waals surface area contributed by atoms with Gasteiger partial charge in [0.25, 0.3) is 5.91 Å². The summed E-state index contributed by atoms with van der Waals surface area (Å²) >= 11 is 5.83. The zero-order chi connectivity index (χ0) is 16.8. The molecule has 0 aliphatic carbocycles. The van der Waals surface area contributed by atoms with E-state index in [4.69, 9.17) is 16.3 Å². The highest BCUT2D eigenvalue weighted by Gasteiger charge is 2.24. The minimum atomic E-state index is -0.711. The Kier molecular flexibility index (Phi) is 6.36. The smallest absolute Gasteiger partial charge is 0.256 e. The van der Waals surface area contributed by atoms with E-state index in [0.29, 0.717) is 19.7 Å². The summed E-state index contributed by atoms with van der Waals surface area (Å²) in [5.41, 5.74) is -0.243. The van der Waals surface area contributed by atoms with E-state index in [9.17, 15) is 14.0 Å². The van der Waals surface area contributed by atoms with E-state index < -0.39 is 11.7 Å². The van der Waals surface area contributed by atoms with Crippen LogP contribution in [0.5, 0.6) is 0 Å². The quantitative estimate of drug-likeness (QED) is 0.892. The highest BCUT2D eigenvalue weighted by Crippen LogP contribution is 2.18. The van der Waals surface area contributed by atoms with Crippen molar-refractivity contribution < 1.29 is 18.7 Å². The Morgan fingerprint density at radius 3 is 2.96 bits per heavy atom. The number of carbonyl (C=O) groups is 2. The molecule has 1 aromatic rings. The summed E-state index contributed by atoms with van der Waals surface area (Å²) < 4.78 is 19.2. The first-order valence-corrected chi connectivity index (χ1v) is 8.02. The van der Waals surface area contributed by atoms with Gasteiger partial charge in [-0.05, 0) is 31.9 Å². The number of nitrogens with one attached hydrogen (secondary N) is 1. The minimum absolute atomic E-state index is 0.0179. The SMILES string of the molecule is CCO[C@H]1CCCN(C(=O)CNC(=O)c2c(F)cccc2Cl)C1. The maximum Gasteiger partial charge on any atom is 0.256 e. The fourth-order valence-electron chi connectivity index (χ4n) is 2.61. The highest BCUT2D eigenvalue weighted by atomic mass is 35.5. The molecule has 0 saturated carbocycles. The zero-order valence-electron chi connectivity index (χ0n) is 13.0. The van der Waals surface area contributed by atoms with Gasteiger partial charge >= 0.3 is 0 Å². The van der Waals surface area contributed by atoms with E-state index in [1.807, 2.05) is 6.92 Å². The molecule has 126 valence electrons. The molecule has 2 amide bonds. The summed E-state index contributed by atoms with van der Waals surface area (Å²) in [5, 5.41) is 2.45. The van der Waals surface area contributed by atoms with Gasteiger partial charge in [-0.15, -0.1) is 0 Å². The van der Waals surface area contributed by atoms with Gasteiger partial charge in [0.2, 0.25) is 5.91 Å². The third kappa shape index (κ3) is 4.65. The van der Waals surface area contributed by atoms with Crippen molar-refractivity contribution in [1.29, 1.82) is 0 Å². The molecule has 1 N–H and O–H groups in total. The molecule has 2 rings (SSSR count). The van der Waals surface area contributed by atoms with E-state index in [2.05, 4.69) is 5.32 Å². The number of hydrogen-bond acceptors (Lipinski definition) is 3. The zero-order valence-corrected chi connectivity index (χ0v) is 13.7. The van der Waals surface area contributed by atoms with Gasteiger partial charge in [-0.3, -0.25) is 9.59 Å². The Morgan fingerprint density at radius 1 is 1.48 bits per heavy atom. The molecule has 1 aromatic carbocycles. The van der Waals surface area contributed by atoms with Gasteiger partial charge in [-0.2, -0.15) is 0 Å². The molecule has 0 radical (unpaired) electrons. The number of carbonyl (C=O) groups excluding carboxylic acids is 2. The Bertz CT molecular complexity index is 560. The maximum atomic E-state index is 13.7. The van der Waals surface area contributed by atoms with Crippen LogP contribution in [-0.4, -0.2) is 49.1 Å². The number of hydrogen-bond donors (Lipinski definition) is 1. The van der Waals surface area contributed by atoms with Crippen LogP contribution in [0.15, 0.2) is 18.2 Å². The fourth-order valence-corrected chi connectivity index (χ4v) is 2.86. The second-order valence-electron chi connectivity index (χ2n) is 5.34. The highest BCUT2D eigenvalue weighted by molar-refractivity contribution is 6.33. The number of likely N-dealkylation sites (tertiary alicyclic amines) is 1. The number of rotatable bonds is 5. The van der Waals surface area contributed by atoms with Crippen LogP contribution < -0.4 is 5.32 Å². The largest absolute Gasteiger partial charge is 0.377 e. The van der Waals surface area contributed by atoms with Crippen molar-refractivity contribution in [1.82, 2.24) is 10.2 Å². The molecule has 1 aliphatic rings. The summed E-state index contributed by atoms with van der Waals surface area (Å²) in [7, 11) is 0. The standard InChI is InChI=1S/C16H20ClFN2O3/c1-2-23-11-5-4-8-20(10-11)14(21)9-19-16(22)15-12(17)6-3-7-13(15)18/h3,6-7,11H,2,4-5,8-10H2,1H3,(H,19,22)/t11-/m0/s1. The molecule has 1 heterocycles. The number of halogens is 2. The summed E-state index contributed by atoms with van der Waals surface area (Å²) in [4.78, 5) is 25.9. The van der Waals surface area contributed by atoms with E-state index in [-0.39, 0.29) is 29.1 Å². The lowest BCUT2D eigenvalue weighted by atomic mass is 10.1. The first-order chi connectivity index (χ1) is 11.0. The molecular formula is C16H20ClFN2O3. The summed E-state index contributed by atoms with van der Waals surface area (Å²) in [6.07, 6.45) is 1.83. The van der Waals surface area contributed by atoms with Crippen molar-refractivity contribution in [2.75, 3.05) is 26.2 Å². The summed E-state index contributed by atoms with van der Waals surface area (Å²) in [6.45, 7) is 3.48. The predicted octanol–water partition coefficient (Wildman–Crippen LogP) is 2.24. The summed E-state index contributed by atoms with van der Waals surface area (Å²) in [5.74, 6) is -1.62. The average molecular weight is 343 g/mol. The second kappa shape index (κ2) is 8.26. The molecule has 0 bridgehead atoms. The number of amides is 2. The van der Waals surface area contributed by atoms with Gasteiger partial charge in [-0.25, -0.2) is 4.39 Å². The molecule has 7 heteroatoms. The normalized spacial score (nSPS) is 17.9. The molecule has 1 atom stereocenters. The lowest BCUT2D eigenvalue weighted by Gasteiger charge is -2.32. The van der Waals surface area contributed by atoms with E-state index >= 15 is 0 Å². The molecule has 5 nitrogen and oxygen atoms in total. The van der Waals surface area contributed by atoms with Crippen LogP contribution in [0.3, 0.4) is 0 Å². The van der Waals surface area contributed by atoms with Crippen LogP contribution in [0.4, 0.5) is 4.39 Å². The van der Waals surface area contributed by atoms with Crippen LogP contribution in [0.2, 0.25) is 5.02 Å². The third-order valence-corrected chi connectivity index (χ3v) is 4.04. The third-order valence-electron chi connectivity index (χ3n) is 3.72. The predicted molar refractivity (Wildman–Crippen MR) is 85.0 cm³/mol. The van der Waals surface area contributed by atoms with Crippen LogP contribution in [-0.2, 0) is 9.53 Å². The van der Waals surface area contributed by atoms with Crippen molar-refractivity contribution in [3.05, 3.63) is 34.6 Å². The van der Waals surface area contributed by atoms with Crippen molar-refractivity contribution in [3.63, 3.8) is 0 Å². The monoisotopic (exact) mass is 342 g/mol. The van der Waals surface area contributed by atoms with Crippen LogP contribution in [0, 0.1) is 5.82 Å². The Balaban J connectivity index is 1.90. The molecular weight excluding hydrogens is 323 g/mol. The van der Waals surface area contributed by atoms with E-state index in [0.717, 1.165) is 18.9 Å². The number of benzene rings is 1. The van der Waals surface area contributed by atoms with Crippen molar-refractivity contribution in [2.45, 2.75) is 25.9 Å². The molecule has 1 fully saturated rings. The number of nitrogens with zero attached hydrogens (tertiary/aromatic N) is 1. The molecule has 0 spiro atoms. The van der Waals surface area contributed by atoms with Crippen molar-refractivity contribution >= 4 is 23.4 Å².